The first-order chi connectivity index (χ1) is 12.2. The molecule has 0 radical (unpaired) electrons. The summed E-state index contributed by atoms with van der Waals surface area (Å²) in [7, 11) is 0. The van der Waals surface area contributed by atoms with Crippen LogP contribution >= 0.6 is 0 Å². The summed E-state index contributed by atoms with van der Waals surface area (Å²) in [6.07, 6.45) is 6.28. The van der Waals surface area contributed by atoms with Crippen LogP contribution in [-0.2, 0) is 6.42 Å². The Hall–Kier alpha value is -4.40. The van der Waals surface area contributed by atoms with Crippen molar-refractivity contribution in [2.75, 3.05) is 0 Å². The topological polar surface area (TPSA) is 132 Å². The second-order valence-corrected chi connectivity index (χ2v) is 4.44. The Bertz CT molecular complexity index is 868. The van der Waals surface area contributed by atoms with Crippen LogP contribution in [0.5, 0.6) is 23.0 Å². The van der Waals surface area contributed by atoms with Crippen LogP contribution in [0.15, 0.2) is 36.4 Å². The molecule has 0 saturated heterocycles. The number of nitriles is 4. The van der Waals surface area contributed by atoms with Gasteiger partial charge in [-0.2, -0.15) is 0 Å². The maximum absolute atomic E-state index is 8.82. The van der Waals surface area contributed by atoms with Gasteiger partial charge in [0, 0.05) is 17.5 Å². The maximum Gasteiger partial charge on any atom is 0.292 e. The quantitative estimate of drug-likeness (QED) is 0.737. The van der Waals surface area contributed by atoms with Crippen molar-refractivity contribution >= 4 is 0 Å². The van der Waals surface area contributed by atoms with E-state index in [-0.39, 0.29) is 29.4 Å². The van der Waals surface area contributed by atoms with Crippen LogP contribution in [0.25, 0.3) is 0 Å². The standard InChI is InChI=1S/C17H8N4O4/c18-8-22-14-5-1-3-12(16(14)24-10-20)7-13-4-2-6-15(23-9-19)17(13)25-11-21/h1-6H,7H2. The van der Waals surface area contributed by atoms with E-state index in [1.54, 1.807) is 24.3 Å². The average molecular weight is 332 g/mol. The number of ether oxygens (including phenoxy) is 4. The fourth-order valence-electron chi connectivity index (χ4n) is 2.19. The highest BCUT2D eigenvalue weighted by atomic mass is 16.5. The van der Waals surface area contributed by atoms with Crippen molar-refractivity contribution in [3.63, 3.8) is 0 Å². The molecular weight excluding hydrogens is 324 g/mol. The number of nitrogens with zero attached hydrogens (tertiary/aromatic N) is 4. The van der Waals surface area contributed by atoms with E-state index in [2.05, 4.69) is 0 Å². The van der Waals surface area contributed by atoms with Crippen molar-refractivity contribution in [2.24, 2.45) is 0 Å². The Labute approximate surface area is 142 Å². The van der Waals surface area contributed by atoms with Gasteiger partial charge in [0.05, 0.1) is 0 Å². The van der Waals surface area contributed by atoms with Crippen molar-refractivity contribution in [1.82, 2.24) is 0 Å². The van der Waals surface area contributed by atoms with E-state index >= 15 is 0 Å². The number of hydrogen-bond donors (Lipinski definition) is 0. The normalized spacial score (nSPS) is 8.80. The van der Waals surface area contributed by atoms with E-state index in [4.69, 9.17) is 40.0 Å². The zero-order valence-electron chi connectivity index (χ0n) is 12.6. The number of rotatable bonds is 6. The van der Waals surface area contributed by atoms with Gasteiger partial charge >= 0.3 is 0 Å². The van der Waals surface area contributed by atoms with Crippen LogP contribution in [0.1, 0.15) is 11.1 Å². The summed E-state index contributed by atoms with van der Waals surface area (Å²) in [6.45, 7) is 0. The molecule has 25 heavy (non-hydrogen) atoms. The zero-order valence-corrected chi connectivity index (χ0v) is 12.6. The molecule has 0 atom stereocenters. The van der Waals surface area contributed by atoms with Crippen molar-refractivity contribution in [3.8, 4) is 48.0 Å². The van der Waals surface area contributed by atoms with E-state index in [9.17, 15) is 0 Å². The van der Waals surface area contributed by atoms with Gasteiger partial charge in [-0.15, -0.1) is 21.0 Å². The lowest BCUT2D eigenvalue weighted by Gasteiger charge is -2.12. The third kappa shape index (κ3) is 3.87. The Morgan fingerprint density at radius 2 is 1.00 bits per heavy atom. The van der Waals surface area contributed by atoms with Gasteiger partial charge in [-0.05, 0) is 12.1 Å². The van der Waals surface area contributed by atoms with Gasteiger partial charge in [0.15, 0.2) is 23.0 Å². The van der Waals surface area contributed by atoms with Crippen LogP contribution in [0.4, 0.5) is 0 Å². The number of para-hydroxylation sites is 2. The second kappa shape index (κ2) is 8.29. The number of benzene rings is 2. The summed E-state index contributed by atoms with van der Waals surface area (Å²) in [4.78, 5) is 0. The molecule has 8 heteroatoms. The fourth-order valence-corrected chi connectivity index (χ4v) is 2.19. The highest BCUT2D eigenvalue weighted by Crippen LogP contribution is 2.37. The fraction of sp³-hybridized carbons (Fsp3) is 0.0588. The van der Waals surface area contributed by atoms with Gasteiger partial charge in [-0.1, -0.05) is 24.3 Å². The minimum Gasteiger partial charge on any atom is -0.384 e. The summed E-state index contributed by atoms with van der Waals surface area (Å²) >= 11 is 0. The summed E-state index contributed by atoms with van der Waals surface area (Å²) in [5, 5.41) is 35.0. The molecule has 0 saturated carbocycles. The lowest BCUT2D eigenvalue weighted by molar-refractivity contribution is 0.433. The molecule has 2 aromatic carbocycles. The van der Waals surface area contributed by atoms with Crippen molar-refractivity contribution in [3.05, 3.63) is 47.5 Å². The number of hydrogen-bond acceptors (Lipinski definition) is 8. The molecule has 2 aromatic rings. The van der Waals surface area contributed by atoms with Gasteiger partial charge in [-0.3, -0.25) is 0 Å². The maximum atomic E-state index is 8.82. The Kier molecular flexibility index (Phi) is 5.62. The smallest absolute Gasteiger partial charge is 0.292 e. The van der Waals surface area contributed by atoms with E-state index in [1.807, 2.05) is 0 Å². The molecule has 0 bridgehead atoms. The predicted molar refractivity (Wildman–Crippen MR) is 80.7 cm³/mol. The summed E-state index contributed by atoms with van der Waals surface area (Å²) in [5.74, 6) is 0.296. The minimum absolute atomic E-state index is 0.0704. The van der Waals surface area contributed by atoms with Crippen molar-refractivity contribution in [1.29, 1.82) is 21.0 Å². The molecule has 0 aliphatic heterocycles. The molecule has 0 aliphatic rings. The summed E-state index contributed by atoms with van der Waals surface area (Å²) in [5.41, 5.74) is 1.01. The van der Waals surface area contributed by atoms with E-state index in [1.165, 1.54) is 37.2 Å². The molecular formula is C17H8N4O4. The van der Waals surface area contributed by atoms with Crippen LogP contribution in [0, 0.1) is 46.1 Å². The predicted octanol–water partition coefficient (Wildman–Crippen LogP) is 2.72. The van der Waals surface area contributed by atoms with Crippen LogP contribution in [0.2, 0.25) is 0 Å². The van der Waals surface area contributed by atoms with E-state index in [0.29, 0.717) is 11.1 Å². The van der Waals surface area contributed by atoms with E-state index < -0.39 is 0 Å². The van der Waals surface area contributed by atoms with Gasteiger partial charge in [-0.25, -0.2) is 0 Å². The molecule has 0 aromatic heterocycles. The molecule has 0 amide bonds. The third-order valence-electron chi connectivity index (χ3n) is 3.11. The molecule has 0 aliphatic carbocycles. The van der Waals surface area contributed by atoms with Crippen LogP contribution in [0.3, 0.4) is 0 Å². The van der Waals surface area contributed by atoms with Gasteiger partial charge < -0.3 is 18.9 Å². The van der Waals surface area contributed by atoms with Gasteiger partial charge in [0.1, 0.15) is 0 Å². The zero-order chi connectivity index (χ0) is 18.1. The lowest BCUT2D eigenvalue weighted by atomic mass is 10.0. The Balaban J connectivity index is 2.50. The largest absolute Gasteiger partial charge is 0.384 e. The lowest BCUT2D eigenvalue weighted by Crippen LogP contribution is -1.99. The van der Waals surface area contributed by atoms with Crippen molar-refractivity contribution in [2.45, 2.75) is 6.42 Å². The van der Waals surface area contributed by atoms with Gasteiger partial charge in [0.25, 0.3) is 25.0 Å². The molecule has 2 rings (SSSR count). The Morgan fingerprint density at radius 1 is 0.600 bits per heavy atom. The first kappa shape index (κ1) is 17.0. The Morgan fingerprint density at radius 3 is 1.36 bits per heavy atom. The third-order valence-corrected chi connectivity index (χ3v) is 3.11. The molecule has 0 spiro atoms. The molecule has 0 N–H and O–H groups in total. The molecule has 8 nitrogen and oxygen atoms in total. The molecule has 0 unspecified atom stereocenters. The van der Waals surface area contributed by atoms with Gasteiger partial charge in [0.2, 0.25) is 0 Å². The first-order valence-electron chi connectivity index (χ1n) is 6.72. The molecule has 0 fully saturated rings. The molecule has 120 valence electrons. The van der Waals surface area contributed by atoms with Crippen LogP contribution in [-0.4, -0.2) is 0 Å². The van der Waals surface area contributed by atoms with E-state index in [0.717, 1.165) is 0 Å². The summed E-state index contributed by atoms with van der Waals surface area (Å²) < 4.78 is 19.4. The summed E-state index contributed by atoms with van der Waals surface area (Å²) in [6, 6.07) is 9.50. The average Bonchev–Trinajstić information content (AvgIpc) is 2.61. The second-order valence-electron chi connectivity index (χ2n) is 4.44. The minimum atomic E-state index is 0.0704. The SMILES string of the molecule is N#COc1cccc(Cc2cccc(OC#N)c2OC#N)c1OC#N. The van der Waals surface area contributed by atoms with Crippen LogP contribution < -0.4 is 18.9 Å². The first-order valence-corrected chi connectivity index (χ1v) is 6.72. The highest BCUT2D eigenvalue weighted by Gasteiger charge is 2.17. The molecule has 0 heterocycles. The van der Waals surface area contributed by atoms with Crippen molar-refractivity contribution < 1.29 is 18.9 Å². The highest BCUT2D eigenvalue weighted by molar-refractivity contribution is 5.54. The monoisotopic (exact) mass is 332 g/mol.